The topological polar surface area (TPSA) is 91.9 Å². The molecule has 4 aromatic rings. The lowest BCUT2D eigenvalue weighted by Gasteiger charge is -2.24. The maximum Gasteiger partial charge on any atom is 0.338 e. The number of benzene rings is 2. The third-order valence-electron chi connectivity index (χ3n) is 6.85. The van der Waals surface area contributed by atoms with Crippen molar-refractivity contribution in [1.29, 1.82) is 0 Å². The summed E-state index contributed by atoms with van der Waals surface area (Å²) in [6.45, 7) is 7.74. The van der Waals surface area contributed by atoms with Crippen LogP contribution in [-0.4, -0.2) is 34.3 Å². The number of aromatic nitrogens is 2. The average molecular weight is 578 g/mol. The van der Waals surface area contributed by atoms with E-state index in [1.54, 1.807) is 49.6 Å². The van der Waals surface area contributed by atoms with E-state index >= 15 is 0 Å². The summed E-state index contributed by atoms with van der Waals surface area (Å²) in [7, 11) is 0. The largest absolute Gasteiger partial charge is 0.465 e. The monoisotopic (exact) mass is 577 g/mol. The van der Waals surface area contributed by atoms with Gasteiger partial charge in [-0.2, -0.15) is 0 Å². The molecular weight excluding hydrogens is 550 g/mol. The molecular formula is C30H28ClN3O5S. The molecule has 0 aliphatic carbocycles. The second-order valence-corrected chi connectivity index (χ2v) is 10.7. The van der Waals surface area contributed by atoms with Crippen molar-refractivity contribution in [3.63, 3.8) is 0 Å². The van der Waals surface area contributed by atoms with Gasteiger partial charge in [-0.05, 0) is 57.5 Å². The van der Waals surface area contributed by atoms with Gasteiger partial charge in [-0.15, -0.1) is 0 Å². The Labute approximate surface area is 239 Å². The Hall–Kier alpha value is -3.95. The Kier molecular flexibility index (Phi) is 7.78. The van der Waals surface area contributed by atoms with Crippen LogP contribution in [0.4, 0.5) is 0 Å². The van der Waals surface area contributed by atoms with Gasteiger partial charge in [0.1, 0.15) is 6.54 Å². The molecule has 0 unspecified atom stereocenters. The van der Waals surface area contributed by atoms with E-state index < -0.39 is 12.0 Å². The first-order valence-corrected chi connectivity index (χ1v) is 14.1. The third-order valence-corrected chi connectivity index (χ3v) is 8.09. The minimum absolute atomic E-state index is 0.0634. The number of thiazole rings is 1. The molecule has 2 aromatic carbocycles. The van der Waals surface area contributed by atoms with Crippen molar-refractivity contribution in [1.82, 2.24) is 9.13 Å². The van der Waals surface area contributed by atoms with Crippen LogP contribution in [0.5, 0.6) is 0 Å². The van der Waals surface area contributed by atoms with Crippen LogP contribution in [0.2, 0.25) is 5.02 Å². The number of nitrogens with zero attached hydrogens (tertiary/aromatic N) is 3. The molecule has 1 aliphatic heterocycles. The van der Waals surface area contributed by atoms with Crippen LogP contribution in [0.25, 0.3) is 17.0 Å². The smallest absolute Gasteiger partial charge is 0.338 e. The normalized spacial score (nSPS) is 15.2. The summed E-state index contributed by atoms with van der Waals surface area (Å²) in [6.07, 6.45) is 1.84. The number of esters is 2. The van der Waals surface area contributed by atoms with Gasteiger partial charge < -0.3 is 14.0 Å². The summed E-state index contributed by atoms with van der Waals surface area (Å²) < 4.78 is 14.4. The van der Waals surface area contributed by atoms with Gasteiger partial charge >= 0.3 is 11.9 Å². The highest BCUT2D eigenvalue weighted by atomic mass is 35.5. The number of para-hydroxylation sites is 1. The number of hydrogen-bond donors (Lipinski definition) is 0. The van der Waals surface area contributed by atoms with Crippen molar-refractivity contribution < 1.29 is 19.1 Å². The fraction of sp³-hybridized carbons (Fsp3) is 0.267. The van der Waals surface area contributed by atoms with Crippen LogP contribution in [-0.2, 0) is 25.6 Å². The van der Waals surface area contributed by atoms with E-state index in [1.165, 1.54) is 11.3 Å². The summed E-state index contributed by atoms with van der Waals surface area (Å²) in [6, 6.07) is 14.1. The lowest BCUT2D eigenvalue weighted by molar-refractivity contribution is -0.143. The van der Waals surface area contributed by atoms with E-state index in [1.807, 2.05) is 41.8 Å². The second-order valence-electron chi connectivity index (χ2n) is 9.26. The van der Waals surface area contributed by atoms with Gasteiger partial charge in [-0.1, -0.05) is 53.3 Å². The van der Waals surface area contributed by atoms with Crippen molar-refractivity contribution in [2.24, 2.45) is 4.99 Å². The predicted molar refractivity (Wildman–Crippen MR) is 155 cm³/mol. The van der Waals surface area contributed by atoms with Crippen LogP contribution < -0.4 is 14.9 Å². The number of carbonyl (C=O) groups is 2. The number of allylic oxidation sites excluding steroid dienone is 1. The molecule has 8 nitrogen and oxygen atoms in total. The molecule has 5 rings (SSSR count). The molecule has 0 saturated carbocycles. The lowest BCUT2D eigenvalue weighted by atomic mass is 9.96. The van der Waals surface area contributed by atoms with Crippen molar-refractivity contribution >= 4 is 51.9 Å². The molecule has 206 valence electrons. The highest BCUT2D eigenvalue weighted by molar-refractivity contribution is 7.07. The second kappa shape index (κ2) is 11.3. The fourth-order valence-electron chi connectivity index (χ4n) is 5.06. The number of halogens is 1. The van der Waals surface area contributed by atoms with Gasteiger partial charge in [0.05, 0.1) is 35.1 Å². The Bertz CT molecular complexity index is 1850. The number of ether oxygens (including phenoxy) is 2. The van der Waals surface area contributed by atoms with Crippen LogP contribution in [0, 0.1) is 6.92 Å². The number of rotatable bonds is 7. The van der Waals surface area contributed by atoms with Gasteiger partial charge in [0.15, 0.2) is 4.80 Å². The maximum absolute atomic E-state index is 14.0. The summed E-state index contributed by atoms with van der Waals surface area (Å²) in [5.41, 5.74) is 3.77. The summed E-state index contributed by atoms with van der Waals surface area (Å²) >= 11 is 7.40. The minimum atomic E-state index is -0.721. The molecule has 40 heavy (non-hydrogen) atoms. The van der Waals surface area contributed by atoms with Crippen LogP contribution in [0.1, 0.15) is 43.6 Å². The summed E-state index contributed by atoms with van der Waals surface area (Å²) in [4.78, 5) is 44.6. The number of hydrogen-bond acceptors (Lipinski definition) is 7. The van der Waals surface area contributed by atoms with Crippen molar-refractivity contribution in [3.05, 3.63) is 101 Å². The van der Waals surface area contributed by atoms with Crippen molar-refractivity contribution in [3.8, 4) is 0 Å². The van der Waals surface area contributed by atoms with E-state index in [-0.39, 0.29) is 24.7 Å². The highest BCUT2D eigenvalue weighted by Crippen LogP contribution is 2.31. The molecule has 0 bridgehead atoms. The number of carbonyl (C=O) groups excluding carboxylic acids is 2. The molecule has 2 aromatic heterocycles. The van der Waals surface area contributed by atoms with Crippen molar-refractivity contribution in [2.75, 3.05) is 13.2 Å². The lowest BCUT2D eigenvalue weighted by Crippen LogP contribution is -2.39. The Morgan fingerprint density at radius 1 is 1.05 bits per heavy atom. The number of fused-ring (bicyclic) bond motifs is 2. The SMILES string of the molecule is CCOC(=O)Cn1c(C)c(/C=c2\sc3n(c2=O)[C@@H](c2ccc(Cl)cc2)C(C(=O)OCC)=C(C)N=3)c2ccccc21. The Balaban J connectivity index is 1.72. The molecule has 0 amide bonds. The first kappa shape index (κ1) is 27.6. The van der Waals surface area contributed by atoms with Gasteiger partial charge in [0, 0.05) is 27.2 Å². The van der Waals surface area contributed by atoms with E-state index in [0.717, 1.165) is 27.7 Å². The molecule has 0 spiro atoms. The zero-order valence-corrected chi connectivity index (χ0v) is 24.1. The molecule has 0 fully saturated rings. The highest BCUT2D eigenvalue weighted by Gasteiger charge is 2.33. The minimum Gasteiger partial charge on any atom is -0.465 e. The maximum atomic E-state index is 14.0. The molecule has 0 saturated heterocycles. The zero-order valence-electron chi connectivity index (χ0n) is 22.6. The molecule has 10 heteroatoms. The van der Waals surface area contributed by atoms with Gasteiger partial charge in [-0.25, -0.2) is 9.79 Å². The first-order valence-electron chi connectivity index (χ1n) is 12.9. The van der Waals surface area contributed by atoms with E-state index in [9.17, 15) is 14.4 Å². The third kappa shape index (κ3) is 4.91. The van der Waals surface area contributed by atoms with Crippen LogP contribution in [0.3, 0.4) is 0 Å². The van der Waals surface area contributed by atoms with Crippen LogP contribution in [0.15, 0.2) is 69.6 Å². The average Bonchev–Trinajstić information content (AvgIpc) is 3.37. The van der Waals surface area contributed by atoms with E-state index in [4.69, 9.17) is 21.1 Å². The summed E-state index contributed by atoms with van der Waals surface area (Å²) in [5.74, 6) is -0.849. The van der Waals surface area contributed by atoms with E-state index in [0.29, 0.717) is 32.2 Å². The fourth-order valence-corrected chi connectivity index (χ4v) is 6.22. The molecule has 1 atom stereocenters. The van der Waals surface area contributed by atoms with Crippen LogP contribution >= 0.6 is 22.9 Å². The quantitative estimate of drug-likeness (QED) is 0.306. The first-order chi connectivity index (χ1) is 19.2. The zero-order chi connectivity index (χ0) is 28.6. The van der Waals surface area contributed by atoms with E-state index in [2.05, 4.69) is 4.99 Å². The van der Waals surface area contributed by atoms with Gasteiger partial charge in [-0.3, -0.25) is 14.2 Å². The molecule has 0 N–H and O–H groups in total. The van der Waals surface area contributed by atoms with Gasteiger partial charge in [0.25, 0.3) is 5.56 Å². The standard InChI is InChI=1S/C30H28ClN3O5S/c1-5-38-25(35)16-33-18(4)22(21-9-7-8-10-23(21)33)15-24-28(36)34-27(19-11-13-20(31)14-12-19)26(29(37)39-6-2)17(3)32-30(34)40-24/h7-15,27H,5-6,16H2,1-4H3/b24-15-/t27-/m0/s1. The molecule has 0 radical (unpaired) electrons. The Morgan fingerprint density at radius 2 is 1.75 bits per heavy atom. The van der Waals surface area contributed by atoms with Crippen molar-refractivity contribution in [2.45, 2.75) is 40.3 Å². The molecule has 3 heterocycles. The predicted octanol–water partition coefficient (Wildman–Crippen LogP) is 4.28. The molecule has 1 aliphatic rings. The summed E-state index contributed by atoms with van der Waals surface area (Å²) in [5, 5.41) is 1.46. The Morgan fingerprint density at radius 3 is 2.45 bits per heavy atom. The van der Waals surface area contributed by atoms with Gasteiger partial charge in [0.2, 0.25) is 0 Å².